The molecule has 0 bridgehead atoms. The lowest BCUT2D eigenvalue weighted by Crippen LogP contribution is -2.43. The number of nitrogens with one attached hydrogen (secondary N) is 2. The number of nitro benzene ring substituents is 1. The van der Waals surface area contributed by atoms with Gasteiger partial charge in [0, 0.05) is 17.8 Å². The van der Waals surface area contributed by atoms with Gasteiger partial charge in [0.1, 0.15) is 5.69 Å². The Balaban J connectivity index is 1.99. The molecule has 21 heavy (non-hydrogen) atoms. The smallest absolute Gasteiger partial charge is 0.294 e. The second-order valence-corrected chi connectivity index (χ2v) is 5.91. The fourth-order valence-corrected chi connectivity index (χ4v) is 2.92. The van der Waals surface area contributed by atoms with Gasteiger partial charge in [-0.05, 0) is 43.1 Å². The lowest BCUT2D eigenvalue weighted by Gasteiger charge is -2.30. The number of thiocarbonyl (C=S) groups is 1. The molecule has 0 radical (unpaired) electrons. The monoisotopic (exact) mass is 308 g/mol. The van der Waals surface area contributed by atoms with Crippen molar-refractivity contribution in [3.8, 4) is 0 Å². The molecule has 1 aliphatic carbocycles. The maximum Gasteiger partial charge on any atom is 0.294 e. The third-order valence-electron chi connectivity index (χ3n) is 3.91. The lowest BCUT2D eigenvalue weighted by atomic mass is 9.86. The van der Waals surface area contributed by atoms with Gasteiger partial charge in [0.25, 0.3) is 5.69 Å². The molecular formula is C14H20N4O2S. The Hall–Kier alpha value is -1.89. The molecule has 1 aliphatic rings. The molecule has 0 heterocycles. The Bertz CT molecular complexity index is 550. The molecule has 1 saturated carbocycles. The topological polar surface area (TPSA) is 93.2 Å². The van der Waals surface area contributed by atoms with Crippen molar-refractivity contribution in [1.29, 1.82) is 0 Å². The van der Waals surface area contributed by atoms with Gasteiger partial charge in [0.05, 0.1) is 4.92 Å². The van der Waals surface area contributed by atoms with Crippen LogP contribution in [0.5, 0.6) is 0 Å². The summed E-state index contributed by atoms with van der Waals surface area (Å²) in [6, 6.07) is 4.95. The number of nitrogens with zero attached hydrogens (tertiary/aromatic N) is 1. The quantitative estimate of drug-likeness (QED) is 0.344. The van der Waals surface area contributed by atoms with Crippen LogP contribution in [-0.2, 0) is 0 Å². The molecule has 2 atom stereocenters. The summed E-state index contributed by atoms with van der Waals surface area (Å²) >= 11 is 5.29. The Morgan fingerprint density at radius 3 is 2.81 bits per heavy atom. The van der Waals surface area contributed by atoms with E-state index in [1.54, 1.807) is 6.07 Å². The fourth-order valence-electron chi connectivity index (χ4n) is 2.65. The molecule has 7 heteroatoms. The van der Waals surface area contributed by atoms with Crippen molar-refractivity contribution in [2.45, 2.75) is 38.6 Å². The molecule has 0 aromatic heterocycles. The van der Waals surface area contributed by atoms with Crippen LogP contribution in [0, 0.1) is 16.0 Å². The Labute approximate surface area is 129 Å². The summed E-state index contributed by atoms with van der Waals surface area (Å²) in [5, 5.41) is 17.7. The molecule has 0 spiro atoms. The lowest BCUT2D eigenvalue weighted by molar-refractivity contribution is -0.383. The SMILES string of the molecule is C[C@@H]1CCCC[C@@H]1NC(=S)Nc1ccc(N)c([N+](=O)[O-])c1. The minimum atomic E-state index is -0.500. The second-order valence-electron chi connectivity index (χ2n) is 5.50. The zero-order chi connectivity index (χ0) is 15.4. The van der Waals surface area contributed by atoms with Crippen LogP contribution in [0.4, 0.5) is 17.1 Å². The molecule has 1 fully saturated rings. The molecule has 0 aliphatic heterocycles. The summed E-state index contributed by atoms with van der Waals surface area (Å²) in [5.41, 5.74) is 6.16. The van der Waals surface area contributed by atoms with Crippen LogP contribution < -0.4 is 16.4 Å². The third kappa shape index (κ3) is 4.04. The largest absolute Gasteiger partial charge is 0.393 e. The number of nitrogen functional groups attached to an aromatic ring is 1. The summed E-state index contributed by atoms with van der Waals surface area (Å²) in [6.07, 6.45) is 4.78. The number of rotatable bonds is 3. The first-order chi connectivity index (χ1) is 9.97. The molecule has 114 valence electrons. The zero-order valence-electron chi connectivity index (χ0n) is 12.0. The van der Waals surface area contributed by atoms with Crippen LogP contribution in [0.3, 0.4) is 0 Å². The Morgan fingerprint density at radius 2 is 2.14 bits per heavy atom. The van der Waals surface area contributed by atoms with Crippen LogP contribution in [0.1, 0.15) is 32.6 Å². The predicted octanol–water partition coefficient (Wildman–Crippen LogP) is 3.04. The van der Waals surface area contributed by atoms with E-state index in [-0.39, 0.29) is 11.4 Å². The van der Waals surface area contributed by atoms with Crippen molar-refractivity contribution in [2.24, 2.45) is 5.92 Å². The standard InChI is InChI=1S/C14H20N4O2S/c1-9-4-2-3-5-12(9)17-14(21)16-10-6-7-11(15)13(8-10)18(19)20/h6-9,12H,2-5,15H2,1H3,(H2,16,17,21)/t9-,12+/m1/s1. The minimum absolute atomic E-state index is 0.117. The summed E-state index contributed by atoms with van der Waals surface area (Å²) in [5.74, 6) is 0.583. The molecule has 0 saturated heterocycles. The average Bonchev–Trinajstić information content (AvgIpc) is 2.43. The number of hydrogen-bond donors (Lipinski definition) is 3. The Kier molecular flexibility index (Phi) is 4.95. The second kappa shape index (κ2) is 6.71. The summed E-state index contributed by atoms with van der Waals surface area (Å²) in [4.78, 5) is 10.4. The zero-order valence-corrected chi connectivity index (χ0v) is 12.8. The highest BCUT2D eigenvalue weighted by Crippen LogP contribution is 2.26. The van der Waals surface area contributed by atoms with Crippen LogP contribution >= 0.6 is 12.2 Å². The van der Waals surface area contributed by atoms with E-state index in [0.29, 0.717) is 22.8 Å². The molecule has 0 amide bonds. The summed E-state index contributed by atoms with van der Waals surface area (Å²) < 4.78 is 0. The van der Waals surface area contributed by atoms with Crippen molar-refractivity contribution < 1.29 is 4.92 Å². The van der Waals surface area contributed by atoms with Crippen molar-refractivity contribution in [2.75, 3.05) is 11.1 Å². The van der Waals surface area contributed by atoms with Gasteiger partial charge in [-0.1, -0.05) is 19.8 Å². The number of anilines is 2. The first-order valence-corrected chi connectivity index (χ1v) is 7.49. The van der Waals surface area contributed by atoms with Crippen molar-refractivity contribution >= 4 is 34.4 Å². The number of nitrogens with two attached hydrogens (primary N) is 1. The van der Waals surface area contributed by atoms with E-state index in [2.05, 4.69) is 17.6 Å². The summed E-state index contributed by atoms with van der Waals surface area (Å²) in [7, 11) is 0. The first-order valence-electron chi connectivity index (χ1n) is 7.09. The van der Waals surface area contributed by atoms with Crippen LogP contribution in [-0.4, -0.2) is 16.1 Å². The van der Waals surface area contributed by atoms with Crippen molar-refractivity contribution in [3.05, 3.63) is 28.3 Å². The molecule has 4 N–H and O–H groups in total. The predicted molar refractivity (Wildman–Crippen MR) is 88.3 cm³/mol. The molecule has 2 rings (SSSR count). The van der Waals surface area contributed by atoms with E-state index in [9.17, 15) is 10.1 Å². The number of hydrogen-bond acceptors (Lipinski definition) is 4. The molecule has 0 unspecified atom stereocenters. The van der Waals surface area contributed by atoms with Gasteiger partial charge in [-0.2, -0.15) is 0 Å². The van der Waals surface area contributed by atoms with Crippen LogP contribution in [0.2, 0.25) is 0 Å². The van der Waals surface area contributed by atoms with Gasteiger partial charge < -0.3 is 16.4 Å². The maximum absolute atomic E-state index is 10.9. The van der Waals surface area contributed by atoms with Gasteiger partial charge in [0.15, 0.2) is 5.11 Å². The van der Waals surface area contributed by atoms with E-state index in [1.807, 2.05) is 0 Å². The van der Waals surface area contributed by atoms with E-state index in [4.69, 9.17) is 18.0 Å². The number of benzene rings is 1. The van der Waals surface area contributed by atoms with Gasteiger partial charge in [0.2, 0.25) is 0 Å². The minimum Gasteiger partial charge on any atom is -0.393 e. The highest BCUT2D eigenvalue weighted by atomic mass is 32.1. The fraction of sp³-hybridized carbons (Fsp3) is 0.500. The van der Waals surface area contributed by atoms with Crippen molar-refractivity contribution in [1.82, 2.24) is 5.32 Å². The van der Waals surface area contributed by atoms with E-state index < -0.39 is 4.92 Å². The average molecular weight is 308 g/mol. The third-order valence-corrected chi connectivity index (χ3v) is 4.13. The van der Waals surface area contributed by atoms with Gasteiger partial charge >= 0.3 is 0 Å². The normalized spacial score (nSPS) is 21.6. The summed E-state index contributed by atoms with van der Waals surface area (Å²) in [6.45, 7) is 2.22. The van der Waals surface area contributed by atoms with Crippen LogP contribution in [0.15, 0.2) is 18.2 Å². The molecular weight excluding hydrogens is 288 g/mol. The molecule has 1 aromatic carbocycles. The first kappa shape index (κ1) is 15.5. The Morgan fingerprint density at radius 1 is 1.43 bits per heavy atom. The van der Waals surface area contributed by atoms with E-state index in [1.165, 1.54) is 31.4 Å². The van der Waals surface area contributed by atoms with Gasteiger partial charge in [-0.15, -0.1) is 0 Å². The van der Waals surface area contributed by atoms with E-state index >= 15 is 0 Å². The molecule has 6 nitrogen and oxygen atoms in total. The highest BCUT2D eigenvalue weighted by molar-refractivity contribution is 7.80. The molecule has 1 aromatic rings. The maximum atomic E-state index is 10.9. The highest BCUT2D eigenvalue weighted by Gasteiger charge is 2.21. The van der Waals surface area contributed by atoms with Crippen molar-refractivity contribution in [3.63, 3.8) is 0 Å². The van der Waals surface area contributed by atoms with E-state index in [0.717, 1.165) is 6.42 Å². The number of nitro groups is 1. The van der Waals surface area contributed by atoms with Gasteiger partial charge in [-0.3, -0.25) is 10.1 Å². The van der Waals surface area contributed by atoms with Crippen LogP contribution in [0.25, 0.3) is 0 Å². The van der Waals surface area contributed by atoms with Gasteiger partial charge in [-0.25, -0.2) is 0 Å².